The second-order valence-corrected chi connectivity index (χ2v) is 6.65. The lowest BCUT2D eigenvalue weighted by Gasteiger charge is -2.66. The molecule has 4 rings (SSSR count). The highest BCUT2D eigenvalue weighted by atomic mass is 16.5. The fraction of sp³-hybridized carbons (Fsp3) is 0.529. The number of nitrogens with one attached hydrogen (secondary N) is 1. The number of urea groups is 1. The third-order valence-corrected chi connectivity index (χ3v) is 4.94. The van der Waals surface area contributed by atoms with E-state index >= 15 is 0 Å². The number of amides is 3. The molecular formula is C17H23N3O3. The van der Waals surface area contributed by atoms with Crippen LogP contribution in [0.3, 0.4) is 0 Å². The minimum atomic E-state index is -0.669. The maximum atomic E-state index is 12.6. The molecule has 2 bridgehead atoms. The van der Waals surface area contributed by atoms with Crippen LogP contribution in [0.5, 0.6) is 0 Å². The Bertz CT molecular complexity index is 600. The summed E-state index contributed by atoms with van der Waals surface area (Å²) in [5.41, 5.74) is 7.24. The molecule has 6 heteroatoms. The lowest BCUT2D eigenvalue weighted by atomic mass is 9.49. The van der Waals surface area contributed by atoms with Crippen molar-refractivity contribution < 1.29 is 14.3 Å². The van der Waals surface area contributed by atoms with Gasteiger partial charge in [-0.25, -0.2) is 4.79 Å². The third-order valence-electron chi connectivity index (χ3n) is 4.94. The van der Waals surface area contributed by atoms with Crippen molar-refractivity contribution in [2.24, 2.45) is 11.7 Å². The number of rotatable bonds is 7. The molecule has 6 nitrogen and oxygen atoms in total. The van der Waals surface area contributed by atoms with E-state index in [1.54, 1.807) is 7.11 Å². The van der Waals surface area contributed by atoms with Gasteiger partial charge in [0.25, 0.3) is 0 Å². The molecule has 3 aliphatic rings. The average Bonchev–Trinajstić information content (AvgIpc) is 2.41. The molecule has 23 heavy (non-hydrogen) atoms. The second kappa shape index (κ2) is 6.20. The minimum Gasteiger partial charge on any atom is -0.380 e. The van der Waals surface area contributed by atoms with E-state index in [0.29, 0.717) is 13.2 Å². The topological polar surface area (TPSA) is 84.7 Å². The van der Waals surface area contributed by atoms with Crippen LogP contribution in [0.15, 0.2) is 24.3 Å². The zero-order chi connectivity index (χ0) is 16.4. The van der Waals surface area contributed by atoms with Gasteiger partial charge in [-0.1, -0.05) is 24.3 Å². The van der Waals surface area contributed by atoms with Crippen molar-refractivity contribution in [3.63, 3.8) is 0 Å². The summed E-state index contributed by atoms with van der Waals surface area (Å²) in [5.74, 6) is 0.702. The molecule has 3 saturated carbocycles. The Kier molecular flexibility index (Phi) is 4.26. The molecule has 0 aliphatic heterocycles. The monoisotopic (exact) mass is 317 g/mol. The van der Waals surface area contributed by atoms with Gasteiger partial charge in [0, 0.05) is 19.2 Å². The fourth-order valence-corrected chi connectivity index (χ4v) is 3.71. The largest absolute Gasteiger partial charge is 0.380 e. The van der Waals surface area contributed by atoms with Crippen molar-refractivity contribution in [2.45, 2.75) is 38.0 Å². The predicted molar refractivity (Wildman–Crippen MR) is 85.4 cm³/mol. The van der Waals surface area contributed by atoms with E-state index in [1.165, 1.54) is 0 Å². The normalized spacial score (nSPS) is 24.3. The average molecular weight is 317 g/mol. The van der Waals surface area contributed by atoms with Gasteiger partial charge in [0.15, 0.2) is 0 Å². The van der Waals surface area contributed by atoms with Crippen molar-refractivity contribution in [3.8, 4) is 0 Å². The number of nitrogens with two attached hydrogens (primary N) is 1. The molecule has 0 spiro atoms. The van der Waals surface area contributed by atoms with Gasteiger partial charge < -0.3 is 20.7 Å². The smallest absolute Gasteiger partial charge is 0.312 e. The number of nitrogens with zero attached hydrogens (tertiary/aromatic N) is 1. The SMILES string of the molecule is COCc1cccc(CN(C(=O)CNC(N)=O)C23CC(C2)C3)c1. The Labute approximate surface area is 136 Å². The molecule has 0 heterocycles. The van der Waals surface area contributed by atoms with E-state index < -0.39 is 6.03 Å². The molecule has 124 valence electrons. The Morgan fingerprint density at radius 1 is 1.35 bits per heavy atom. The Balaban J connectivity index is 1.72. The molecule has 0 unspecified atom stereocenters. The molecule has 0 aromatic heterocycles. The van der Waals surface area contributed by atoms with Gasteiger partial charge in [-0.3, -0.25) is 4.79 Å². The number of methoxy groups -OCH3 is 1. The first-order valence-corrected chi connectivity index (χ1v) is 7.93. The van der Waals surface area contributed by atoms with E-state index in [2.05, 4.69) is 11.4 Å². The van der Waals surface area contributed by atoms with Gasteiger partial charge in [0.2, 0.25) is 5.91 Å². The van der Waals surface area contributed by atoms with Gasteiger partial charge in [0.1, 0.15) is 0 Å². The molecule has 0 saturated heterocycles. The summed E-state index contributed by atoms with van der Waals surface area (Å²) in [6, 6.07) is 7.41. The number of carbonyl (C=O) groups is 2. The van der Waals surface area contributed by atoms with Crippen molar-refractivity contribution in [2.75, 3.05) is 13.7 Å². The number of ether oxygens (including phenoxy) is 1. The van der Waals surface area contributed by atoms with Gasteiger partial charge in [0.05, 0.1) is 13.2 Å². The number of benzene rings is 1. The Hall–Kier alpha value is -2.08. The van der Waals surface area contributed by atoms with Crippen LogP contribution in [0.25, 0.3) is 0 Å². The zero-order valence-corrected chi connectivity index (χ0v) is 13.4. The number of hydrogen-bond donors (Lipinski definition) is 2. The van der Waals surface area contributed by atoms with Crippen molar-refractivity contribution in [1.29, 1.82) is 0 Å². The van der Waals surface area contributed by atoms with Gasteiger partial charge in [-0.15, -0.1) is 0 Å². The first-order chi connectivity index (χ1) is 11.0. The van der Waals surface area contributed by atoms with Crippen LogP contribution in [0.1, 0.15) is 30.4 Å². The molecule has 3 amide bonds. The summed E-state index contributed by atoms with van der Waals surface area (Å²) in [4.78, 5) is 25.4. The second-order valence-electron chi connectivity index (χ2n) is 6.65. The molecule has 3 N–H and O–H groups in total. The van der Waals surface area contributed by atoms with Gasteiger partial charge in [-0.2, -0.15) is 0 Å². The lowest BCUT2D eigenvalue weighted by Crippen LogP contribution is -2.70. The van der Waals surface area contributed by atoms with Crippen LogP contribution < -0.4 is 11.1 Å². The van der Waals surface area contributed by atoms with E-state index in [1.807, 2.05) is 23.1 Å². The molecule has 1 aromatic carbocycles. The summed E-state index contributed by atoms with van der Waals surface area (Å²) in [6.45, 7) is 1.07. The highest BCUT2D eigenvalue weighted by molar-refractivity contribution is 5.84. The van der Waals surface area contributed by atoms with Crippen molar-refractivity contribution in [1.82, 2.24) is 10.2 Å². The van der Waals surface area contributed by atoms with Crippen LogP contribution in [0, 0.1) is 5.92 Å². The predicted octanol–water partition coefficient (Wildman–Crippen LogP) is 1.38. The highest BCUT2D eigenvalue weighted by Gasteiger charge is 2.60. The molecular weight excluding hydrogens is 294 g/mol. The first-order valence-electron chi connectivity index (χ1n) is 7.93. The summed E-state index contributed by atoms with van der Waals surface area (Å²) in [5, 5.41) is 2.41. The van der Waals surface area contributed by atoms with Crippen LogP contribution in [0.2, 0.25) is 0 Å². The van der Waals surface area contributed by atoms with Crippen molar-refractivity contribution in [3.05, 3.63) is 35.4 Å². The number of primary amides is 1. The molecule has 1 aromatic rings. The third kappa shape index (κ3) is 3.17. The van der Waals surface area contributed by atoms with E-state index in [4.69, 9.17) is 10.5 Å². The number of hydrogen-bond acceptors (Lipinski definition) is 3. The molecule has 0 atom stereocenters. The van der Waals surface area contributed by atoms with E-state index in [0.717, 1.165) is 36.3 Å². The van der Waals surface area contributed by atoms with Crippen LogP contribution in [-0.4, -0.2) is 36.0 Å². The van der Waals surface area contributed by atoms with Crippen molar-refractivity contribution >= 4 is 11.9 Å². The maximum Gasteiger partial charge on any atom is 0.312 e. The Morgan fingerprint density at radius 3 is 2.61 bits per heavy atom. The molecule has 3 fully saturated rings. The van der Waals surface area contributed by atoms with E-state index in [-0.39, 0.29) is 18.0 Å². The quantitative estimate of drug-likeness (QED) is 0.797. The number of carbonyl (C=O) groups excluding carboxylic acids is 2. The van der Waals surface area contributed by atoms with Crippen LogP contribution in [-0.2, 0) is 22.7 Å². The standard InChI is InChI=1S/C17H23N3O3/c1-23-11-13-4-2-3-12(5-13)10-20(15(21)9-19-16(18)22)17-6-14(7-17)8-17/h2-5,14H,6-11H2,1H3,(H3,18,19,22). The molecule has 3 aliphatic carbocycles. The summed E-state index contributed by atoms with van der Waals surface area (Å²) >= 11 is 0. The first kappa shape index (κ1) is 15.8. The summed E-state index contributed by atoms with van der Waals surface area (Å²) in [7, 11) is 1.67. The van der Waals surface area contributed by atoms with Gasteiger partial charge in [-0.05, 0) is 36.3 Å². The maximum absolute atomic E-state index is 12.6. The van der Waals surface area contributed by atoms with E-state index in [9.17, 15) is 9.59 Å². The molecule has 0 radical (unpaired) electrons. The highest BCUT2D eigenvalue weighted by Crippen LogP contribution is 2.60. The van der Waals surface area contributed by atoms with Gasteiger partial charge >= 0.3 is 6.03 Å². The lowest BCUT2D eigenvalue weighted by molar-refractivity contribution is -0.173. The summed E-state index contributed by atoms with van der Waals surface area (Å²) in [6.07, 6.45) is 3.23. The van der Waals surface area contributed by atoms with Crippen LogP contribution >= 0.6 is 0 Å². The fourth-order valence-electron chi connectivity index (χ4n) is 3.71. The zero-order valence-electron chi connectivity index (χ0n) is 13.4. The Morgan fingerprint density at radius 2 is 2.04 bits per heavy atom. The minimum absolute atomic E-state index is 0.00165. The summed E-state index contributed by atoms with van der Waals surface area (Å²) < 4.78 is 5.17. The van der Waals surface area contributed by atoms with Crippen LogP contribution in [0.4, 0.5) is 4.79 Å².